The van der Waals surface area contributed by atoms with Crippen molar-refractivity contribution in [2.45, 2.75) is 12.8 Å². The molecule has 4 aromatic rings. The third-order valence-electron chi connectivity index (χ3n) is 4.01. The van der Waals surface area contributed by atoms with Crippen molar-refractivity contribution in [1.29, 1.82) is 0 Å². The van der Waals surface area contributed by atoms with E-state index in [9.17, 15) is 4.79 Å². The van der Waals surface area contributed by atoms with Crippen LogP contribution in [-0.4, -0.2) is 11.3 Å². The molecule has 0 bridgehead atoms. The maximum absolute atomic E-state index is 11.0. The molecule has 6 heteroatoms. The standard InChI is InChI=1S/C22H17NO3S2/c1-15(14-24)19-11-12-20(27-19)21-13-23-22(28-21)26-18-9-7-17(8-10-18)25-16-5-3-2-4-6-16/h2-15H,1H3. The first-order chi connectivity index (χ1) is 13.7. The van der Waals surface area contributed by atoms with Gasteiger partial charge in [-0.3, -0.25) is 0 Å². The lowest BCUT2D eigenvalue weighted by molar-refractivity contribution is -0.108. The molecule has 2 aromatic heterocycles. The Bertz CT molecular complexity index is 1050. The Kier molecular flexibility index (Phi) is 5.50. The quantitative estimate of drug-likeness (QED) is 0.318. The minimum Gasteiger partial charge on any atom is -0.457 e. The summed E-state index contributed by atoms with van der Waals surface area (Å²) in [6, 6.07) is 21.1. The van der Waals surface area contributed by atoms with Crippen molar-refractivity contribution in [3.05, 3.63) is 77.8 Å². The first-order valence-electron chi connectivity index (χ1n) is 8.73. The van der Waals surface area contributed by atoms with Crippen molar-refractivity contribution < 1.29 is 14.3 Å². The number of carbonyl (C=O) groups excluding carboxylic acids is 1. The van der Waals surface area contributed by atoms with Gasteiger partial charge < -0.3 is 14.3 Å². The molecule has 2 aromatic carbocycles. The second kappa shape index (κ2) is 8.37. The molecule has 0 aliphatic heterocycles. The Morgan fingerprint density at radius 2 is 1.50 bits per heavy atom. The minimum atomic E-state index is -0.0842. The van der Waals surface area contributed by atoms with Crippen LogP contribution < -0.4 is 9.47 Å². The fraction of sp³-hybridized carbons (Fsp3) is 0.0909. The lowest BCUT2D eigenvalue weighted by atomic mass is 10.2. The third kappa shape index (κ3) is 4.30. The van der Waals surface area contributed by atoms with Crippen LogP contribution in [0.3, 0.4) is 0 Å². The smallest absolute Gasteiger partial charge is 0.279 e. The summed E-state index contributed by atoms with van der Waals surface area (Å²) >= 11 is 3.09. The maximum atomic E-state index is 11.0. The van der Waals surface area contributed by atoms with E-state index in [0.29, 0.717) is 10.9 Å². The lowest BCUT2D eigenvalue weighted by Crippen LogP contribution is -1.88. The SMILES string of the molecule is CC(C=O)c1ccc(-c2cnc(Oc3ccc(Oc4ccccc4)cc3)s2)s1. The Morgan fingerprint density at radius 1 is 0.821 bits per heavy atom. The summed E-state index contributed by atoms with van der Waals surface area (Å²) in [5, 5.41) is 0.574. The Balaban J connectivity index is 1.42. The molecular weight excluding hydrogens is 390 g/mol. The molecule has 0 amide bonds. The van der Waals surface area contributed by atoms with Crippen molar-refractivity contribution in [2.75, 3.05) is 0 Å². The van der Waals surface area contributed by atoms with Crippen LogP contribution in [-0.2, 0) is 4.79 Å². The minimum absolute atomic E-state index is 0.0842. The Morgan fingerprint density at radius 3 is 2.21 bits per heavy atom. The molecule has 140 valence electrons. The number of para-hydroxylation sites is 1. The van der Waals surface area contributed by atoms with Crippen molar-refractivity contribution in [3.63, 3.8) is 0 Å². The molecule has 0 fully saturated rings. The predicted octanol–water partition coefficient (Wildman–Crippen LogP) is 6.76. The van der Waals surface area contributed by atoms with Crippen LogP contribution >= 0.6 is 22.7 Å². The summed E-state index contributed by atoms with van der Waals surface area (Å²) in [4.78, 5) is 18.5. The zero-order chi connectivity index (χ0) is 19.3. The number of ether oxygens (including phenoxy) is 2. The van der Waals surface area contributed by atoms with E-state index in [1.54, 1.807) is 17.5 Å². The molecule has 0 spiro atoms. The van der Waals surface area contributed by atoms with E-state index in [1.807, 2.05) is 73.7 Å². The molecule has 1 unspecified atom stereocenters. The van der Waals surface area contributed by atoms with Gasteiger partial charge in [-0.05, 0) is 48.5 Å². The number of aldehydes is 1. The molecule has 0 saturated carbocycles. The van der Waals surface area contributed by atoms with Crippen molar-refractivity contribution in [1.82, 2.24) is 4.98 Å². The molecule has 0 radical (unpaired) electrons. The van der Waals surface area contributed by atoms with E-state index >= 15 is 0 Å². The predicted molar refractivity (Wildman–Crippen MR) is 113 cm³/mol. The van der Waals surface area contributed by atoms with Gasteiger partial charge in [0.2, 0.25) is 0 Å². The maximum Gasteiger partial charge on any atom is 0.279 e. The van der Waals surface area contributed by atoms with Gasteiger partial charge in [-0.2, -0.15) is 0 Å². The third-order valence-corrected chi connectivity index (χ3v) is 6.37. The molecule has 1 atom stereocenters. The van der Waals surface area contributed by atoms with Gasteiger partial charge >= 0.3 is 0 Å². The van der Waals surface area contributed by atoms with E-state index in [0.717, 1.165) is 32.4 Å². The molecule has 4 nitrogen and oxygen atoms in total. The van der Waals surface area contributed by atoms with Gasteiger partial charge in [0, 0.05) is 15.7 Å². The van der Waals surface area contributed by atoms with Gasteiger partial charge in [0.25, 0.3) is 5.19 Å². The van der Waals surface area contributed by atoms with E-state index in [1.165, 1.54) is 11.3 Å². The highest BCUT2D eigenvalue weighted by atomic mass is 32.1. The zero-order valence-electron chi connectivity index (χ0n) is 15.1. The van der Waals surface area contributed by atoms with E-state index in [-0.39, 0.29) is 5.92 Å². The first kappa shape index (κ1) is 18.4. The molecule has 2 heterocycles. The van der Waals surface area contributed by atoms with Gasteiger partial charge in [-0.15, -0.1) is 11.3 Å². The molecule has 0 N–H and O–H groups in total. The van der Waals surface area contributed by atoms with Gasteiger partial charge in [-0.1, -0.05) is 36.5 Å². The average Bonchev–Trinajstić information content (AvgIpc) is 3.39. The Hall–Kier alpha value is -2.96. The fourth-order valence-electron chi connectivity index (χ4n) is 2.52. The number of aromatic nitrogens is 1. The van der Waals surface area contributed by atoms with Crippen molar-refractivity contribution in [3.8, 4) is 32.2 Å². The summed E-state index contributed by atoms with van der Waals surface area (Å²) in [5.74, 6) is 2.15. The summed E-state index contributed by atoms with van der Waals surface area (Å²) in [7, 11) is 0. The average molecular weight is 408 g/mol. The highest BCUT2D eigenvalue weighted by molar-refractivity contribution is 7.22. The summed E-state index contributed by atoms with van der Waals surface area (Å²) < 4.78 is 11.6. The molecule has 28 heavy (non-hydrogen) atoms. The van der Waals surface area contributed by atoms with E-state index < -0.39 is 0 Å². The fourth-order valence-corrected chi connectivity index (χ4v) is 4.39. The second-order valence-corrected chi connectivity index (χ2v) is 8.21. The molecule has 0 saturated heterocycles. The van der Waals surface area contributed by atoms with Crippen LogP contribution in [0.2, 0.25) is 0 Å². The second-order valence-electron chi connectivity index (χ2n) is 6.11. The first-order valence-corrected chi connectivity index (χ1v) is 10.4. The van der Waals surface area contributed by atoms with Gasteiger partial charge in [0.1, 0.15) is 23.5 Å². The molecular formula is C22H17NO3S2. The van der Waals surface area contributed by atoms with Crippen LogP contribution in [0, 0.1) is 0 Å². The number of thiazole rings is 1. The number of hydrogen-bond donors (Lipinski definition) is 0. The highest BCUT2D eigenvalue weighted by Gasteiger charge is 2.12. The van der Waals surface area contributed by atoms with Crippen LogP contribution in [0.25, 0.3) is 9.75 Å². The number of thiophene rings is 1. The summed E-state index contributed by atoms with van der Waals surface area (Å²) in [5.41, 5.74) is 0. The molecule has 0 aliphatic carbocycles. The highest BCUT2D eigenvalue weighted by Crippen LogP contribution is 2.38. The van der Waals surface area contributed by atoms with Crippen molar-refractivity contribution in [2.24, 2.45) is 0 Å². The van der Waals surface area contributed by atoms with Gasteiger partial charge in [-0.25, -0.2) is 4.98 Å². The largest absolute Gasteiger partial charge is 0.457 e. The monoisotopic (exact) mass is 407 g/mol. The number of rotatable bonds is 7. The van der Waals surface area contributed by atoms with Crippen LogP contribution in [0.5, 0.6) is 22.4 Å². The van der Waals surface area contributed by atoms with E-state index in [4.69, 9.17) is 9.47 Å². The number of hydrogen-bond acceptors (Lipinski definition) is 6. The van der Waals surface area contributed by atoms with Gasteiger partial charge in [0.05, 0.1) is 11.1 Å². The summed E-state index contributed by atoms with van der Waals surface area (Å²) in [6.45, 7) is 1.90. The van der Waals surface area contributed by atoms with Crippen LogP contribution in [0.15, 0.2) is 72.9 Å². The van der Waals surface area contributed by atoms with Crippen molar-refractivity contribution >= 4 is 29.0 Å². The van der Waals surface area contributed by atoms with E-state index in [2.05, 4.69) is 4.98 Å². The number of nitrogens with zero attached hydrogens (tertiary/aromatic N) is 1. The topological polar surface area (TPSA) is 48.4 Å². The number of carbonyl (C=O) groups is 1. The zero-order valence-corrected chi connectivity index (χ0v) is 16.7. The summed E-state index contributed by atoms with van der Waals surface area (Å²) in [6.07, 6.45) is 2.76. The normalized spacial score (nSPS) is 11.8. The van der Waals surface area contributed by atoms with Gasteiger partial charge in [0.15, 0.2) is 0 Å². The van der Waals surface area contributed by atoms with Crippen LogP contribution in [0.1, 0.15) is 17.7 Å². The lowest BCUT2D eigenvalue weighted by Gasteiger charge is -2.06. The number of benzene rings is 2. The van der Waals surface area contributed by atoms with Crippen LogP contribution in [0.4, 0.5) is 0 Å². The molecule has 4 rings (SSSR count). The molecule has 0 aliphatic rings. The Labute approximate surface area is 171 Å².